The molecule has 0 aliphatic carbocycles. The topological polar surface area (TPSA) is 109 Å². The molecule has 3 aromatic rings. The minimum Gasteiger partial charge on any atom is -0.480 e. The highest BCUT2D eigenvalue weighted by Crippen LogP contribution is 2.24. The highest BCUT2D eigenvalue weighted by atomic mass is 35.5. The van der Waals surface area contributed by atoms with Crippen molar-refractivity contribution in [2.75, 3.05) is 18.8 Å². The average molecular weight is 573 g/mol. The summed E-state index contributed by atoms with van der Waals surface area (Å²) in [6.07, 6.45) is 3.00. The fourth-order valence-electron chi connectivity index (χ4n) is 4.15. The Morgan fingerprint density at radius 2 is 1.81 bits per heavy atom. The van der Waals surface area contributed by atoms with Gasteiger partial charge in [0.15, 0.2) is 14.6 Å². The average Bonchev–Trinajstić information content (AvgIpc) is 3.15. The minimum absolute atomic E-state index is 0. The first-order valence-corrected chi connectivity index (χ1v) is 14.1. The van der Waals surface area contributed by atoms with Crippen molar-refractivity contribution < 1.29 is 23.1 Å². The summed E-state index contributed by atoms with van der Waals surface area (Å²) < 4.78 is 27.3. The lowest BCUT2D eigenvalue weighted by Gasteiger charge is -2.30. The van der Waals surface area contributed by atoms with Crippen LogP contribution in [-0.4, -0.2) is 59.8 Å². The Morgan fingerprint density at radius 3 is 2.50 bits per heavy atom. The molecular formula is C24H27Cl2N3O5S2. The number of carboxylic acids is 1. The summed E-state index contributed by atoms with van der Waals surface area (Å²) in [5.41, 5.74) is 0. The number of aliphatic carboxylic acids is 1. The summed E-state index contributed by atoms with van der Waals surface area (Å²) in [6.45, 7) is 2.75. The van der Waals surface area contributed by atoms with Crippen LogP contribution in [0.2, 0.25) is 5.02 Å². The number of benzene rings is 2. The van der Waals surface area contributed by atoms with Crippen molar-refractivity contribution in [2.45, 2.75) is 43.7 Å². The molecule has 2 aromatic carbocycles. The van der Waals surface area contributed by atoms with Gasteiger partial charge in [-0.1, -0.05) is 23.7 Å². The third kappa shape index (κ3) is 6.88. The van der Waals surface area contributed by atoms with Gasteiger partial charge >= 0.3 is 5.97 Å². The number of amides is 1. The van der Waals surface area contributed by atoms with Gasteiger partial charge in [-0.25, -0.2) is 8.42 Å². The minimum atomic E-state index is -3.61. The summed E-state index contributed by atoms with van der Waals surface area (Å²) in [6, 6.07) is 10.1. The standard InChI is InChI=1S/C24H26ClN3O5S2.ClH/c1-16-14-28(15-23(30)31)24(34-16)26-20-6-9-27(10-7-20)22(29)8-11-35(32,33)21-5-3-17-12-19(25)4-2-18(17)13-21;/h2-5,12-14,20H,6-11,15H2,1H3,(H,30,31);1H. The fourth-order valence-corrected chi connectivity index (χ4v) is 6.50. The summed E-state index contributed by atoms with van der Waals surface area (Å²) in [5.74, 6) is -1.36. The van der Waals surface area contributed by atoms with E-state index in [1.165, 1.54) is 11.3 Å². The SMILES string of the molecule is Cc1cn(CC(=O)O)c(=NC2CCN(C(=O)CCS(=O)(=O)c3ccc4cc(Cl)ccc4c3)CC2)s1.Cl. The highest BCUT2D eigenvalue weighted by Gasteiger charge is 2.25. The number of fused-ring (bicyclic) bond motifs is 1. The van der Waals surface area contributed by atoms with Gasteiger partial charge in [-0.2, -0.15) is 0 Å². The first kappa shape index (κ1) is 28.2. The van der Waals surface area contributed by atoms with Crippen molar-refractivity contribution in [3.63, 3.8) is 0 Å². The molecule has 0 saturated carbocycles. The molecule has 1 saturated heterocycles. The fraction of sp³-hybridized carbons (Fsp3) is 0.375. The van der Waals surface area contributed by atoms with E-state index < -0.39 is 15.8 Å². The summed E-state index contributed by atoms with van der Waals surface area (Å²) in [7, 11) is -3.61. The van der Waals surface area contributed by atoms with Crippen molar-refractivity contribution in [1.29, 1.82) is 0 Å². The molecule has 1 aliphatic heterocycles. The van der Waals surface area contributed by atoms with Gasteiger partial charge in [0.2, 0.25) is 5.91 Å². The van der Waals surface area contributed by atoms with Crippen LogP contribution < -0.4 is 4.80 Å². The number of thiazole rings is 1. The molecule has 1 fully saturated rings. The zero-order valence-electron chi connectivity index (χ0n) is 19.6. The van der Waals surface area contributed by atoms with Gasteiger partial charge in [0.05, 0.1) is 16.7 Å². The molecule has 0 spiro atoms. The number of likely N-dealkylation sites (tertiary alicyclic amines) is 1. The molecule has 12 heteroatoms. The molecule has 2 heterocycles. The summed E-state index contributed by atoms with van der Waals surface area (Å²) in [5, 5.41) is 11.3. The predicted molar refractivity (Wildman–Crippen MR) is 143 cm³/mol. The Bertz CT molecular complexity index is 1440. The quantitative estimate of drug-likeness (QED) is 0.462. The lowest BCUT2D eigenvalue weighted by molar-refractivity contribution is -0.137. The van der Waals surface area contributed by atoms with Crippen LogP contribution >= 0.6 is 35.3 Å². The zero-order valence-corrected chi connectivity index (χ0v) is 22.8. The number of hydrogen-bond donors (Lipinski definition) is 1. The van der Waals surface area contributed by atoms with E-state index in [2.05, 4.69) is 0 Å². The van der Waals surface area contributed by atoms with E-state index in [1.807, 2.05) is 6.92 Å². The number of carbonyl (C=O) groups is 2. The molecule has 0 atom stereocenters. The largest absolute Gasteiger partial charge is 0.480 e. The second-order valence-electron chi connectivity index (χ2n) is 8.61. The second kappa shape index (κ2) is 11.8. The molecule has 194 valence electrons. The molecule has 36 heavy (non-hydrogen) atoms. The smallest absolute Gasteiger partial charge is 0.323 e. The van der Waals surface area contributed by atoms with Gasteiger partial charge < -0.3 is 14.6 Å². The lowest BCUT2D eigenvalue weighted by atomic mass is 10.1. The van der Waals surface area contributed by atoms with E-state index >= 15 is 0 Å². The number of halogens is 2. The van der Waals surface area contributed by atoms with E-state index in [1.54, 1.807) is 52.1 Å². The third-order valence-electron chi connectivity index (χ3n) is 5.97. The third-order valence-corrected chi connectivity index (χ3v) is 8.87. The van der Waals surface area contributed by atoms with Gasteiger partial charge in [0.1, 0.15) is 6.54 Å². The lowest BCUT2D eigenvalue weighted by Crippen LogP contribution is -2.40. The number of sulfone groups is 1. The summed E-state index contributed by atoms with van der Waals surface area (Å²) in [4.78, 5) is 32.0. The number of carbonyl (C=O) groups excluding carboxylic acids is 1. The maximum Gasteiger partial charge on any atom is 0.323 e. The van der Waals surface area contributed by atoms with E-state index in [0.717, 1.165) is 15.6 Å². The van der Waals surface area contributed by atoms with Crippen LogP contribution in [0.15, 0.2) is 52.5 Å². The van der Waals surface area contributed by atoms with Crippen molar-refractivity contribution in [2.24, 2.45) is 4.99 Å². The maximum absolute atomic E-state index is 12.8. The zero-order chi connectivity index (χ0) is 25.2. The molecular weight excluding hydrogens is 545 g/mol. The molecule has 4 rings (SSSR count). The molecule has 8 nitrogen and oxygen atoms in total. The maximum atomic E-state index is 12.8. The van der Waals surface area contributed by atoms with Crippen LogP contribution in [0.4, 0.5) is 0 Å². The predicted octanol–water partition coefficient (Wildman–Crippen LogP) is 3.93. The van der Waals surface area contributed by atoms with Gasteiger partial charge in [-0.3, -0.25) is 14.6 Å². The number of hydrogen-bond acceptors (Lipinski definition) is 6. The van der Waals surface area contributed by atoms with Crippen molar-refractivity contribution >= 4 is 67.8 Å². The molecule has 1 aliphatic rings. The molecule has 0 unspecified atom stereocenters. The summed E-state index contributed by atoms with van der Waals surface area (Å²) >= 11 is 7.44. The van der Waals surface area contributed by atoms with Crippen molar-refractivity contribution in [3.8, 4) is 0 Å². The first-order chi connectivity index (χ1) is 16.6. The van der Waals surface area contributed by atoms with Gasteiger partial charge in [-0.05, 0) is 54.8 Å². The first-order valence-electron chi connectivity index (χ1n) is 11.2. The van der Waals surface area contributed by atoms with Crippen LogP contribution in [-0.2, 0) is 26.0 Å². The monoisotopic (exact) mass is 571 g/mol. The number of rotatable bonds is 7. The number of aromatic nitrogens is 1. The Hall–Kier alpha value is -2.40. The number of nitrogens with zero attached hydrogens (tertiary/aromatic N) is 3. The van der Waals surface area contributed by atoms with E-state index in [0.29, 0.717) is 35.8 Å². The van der Waals surface area contributed by atoms with Crippen LogP contribution in [0.5, 0.6) is 0 Å². The Labute approximate surface area is 224 Å². The van der Waals surface area contributed by atoms with E-state index in [9.17, 15) is 18.0 Å². The van der Waals surface area contributed by atoms with Crippen molar-refractivity contribution in [1.82, 2.24) is 9.47 Å². The Morgan fingerprint density at radius 1 is 1.14 bits per heavy atom. The number of carboxylic acid groups (broad SMARTS) is 1. The second-order valence-corrected chi connectivity index (χ2v) is 12.4. The van der Waals surface area contributed by atoms with E-state index in [4.69, 9.17) is 21.7 Å². The van der Waals surface area contributed by atoms with Gasteiger partial charge in [0.25, 0.3) is 0 Å². The number of piperidine rings is 1. The Kier molecular flexibility index (Phi) is 9.21. The van der Waals surface area contributed by atoms with Gasteiger partial charge in [0, 0.05) is 35.6 Å². The van der Waals surface area contributed by atoms with Crippen LogP contribution in [0.1, 0.15) is 24.1 Å². The van der Waals surface area contributed by atoms with Crippen LogP contribution in [0.25, 0.3) is 10.8 Å². The van der Waals surface area contributed by atoms with Crippen LogP contribution in [0, 0.1) is 6.92 Å². The highest BCUT2D eigenvalue weighted by molar-refractivity contribution is 7.91. The normalized spacial score (nSPS) is 15.2. The van der Waals surface area contributed by atoms with Crippen LogP contribution in [0.3, 0.4) is 0 Å². The molecule has 1 aromatic heterocycles. The van der Waals surface area contributed by atoms with Gasteiger partial charge in [-0.15, -0.1) is 23.7 Å². The molecule has 1 amide bonds. The number of aryl methyl sites for hydroxylation is 1. The molecule has 1 N–H and O–H groups in total. The van der Waals surface area contributed by atoms with Crippen molar-refractivity contribution in [3.05, 3.63) is 57.3 Å². The van der Waals surface area contributed by atoms with E-state index in [-0.39, 0.29) is 48.0 Å². The molecule has 0 bridgehead atoms. The molecule has 0 radical (unpaired) electrons. The Balaban J connectivity index is 0.00000361.